The number of imidazole rings is 1. The molecule has 0 spiro atoms. The number of carbonyl (C=O) groups is 2. The van der Waals surface area contributed by atoms with Crippen molar-refractivity contribution in [3.05, 3.63) is 92.1 Å². The lowest BCUT2D eigenvalue weighted by Crippen LogP contribution is -3.13. The molecule has 35 heavy (non-hydrogen) atoms. The molecule has 4 atom stereocenters. The number of hydrogen-bond acceptors (Lipinski definition) is 5. The van der Waals surface area contributed by atoms with Crippen molar-refractivity contribution >= 4 is 35.1 Å². The SMILES string of the molecule is C[C@H](NC(=O)c1cnc2n1C(C)(Cc1ccc(C#N)cc1)[NH+]([O-])C2c1cc(Cl)cc(Cl)c1)C(=O)O. The number of carboxylic acid groups (broad SMARTS) is 1. The van der Waals surface area contributed by atoms with Gasteiger partial charge in [0.15, 0.2) is 17.5 Å². The highest BCUT2D eigenvalue weighted by Gasteiger charge is 2.51. The largest absolute Gasteiger partial charge is 0.632 e. The van der Waals surface area contributed by atoms with Crippen LogP contribution in [0.3, 0.4) is 0 Å². The summed E-state index contributed by atoms with van der Waals surface area (Å²) in [6.07, 6.45) is 1.54. The number of hydroxylamine groups is 2. The third-order valence-electron chi connectivity index (χ3n) is 6.13. The highest BCUT2D eigenvalue weighted by Crippen LogP contribution is 2.35. The molecule has 0 aliphatic carbocycles. The van der Waals surface area contributed by atoms with Gasteiger partial charge in [0, 0.05) is 29.0 Å². The monoisotopic (exact) mass is 513 g/mol. The van der Waals surface area contributed by atoms with Crippen molar-refractivity contribution in [1.29, 1.82) is 5.26 Å². The van der Waals surface area contributed by atoms with Crippen molar-refractivity contribution in [1.82, 2.24) is 14.9 Å². The van der Waals surface area contributed by atoms with Gasteiger partial charge in [0.2, 0.25) is 0 Å². The molecule has 0 fully saturated rings. The fourth-order valence-electron chi connectivity index (χ4n) is 4.42. The maximum atomic E-state index is 14.0. The first-order valence-corrected chi connectivity index (χ1v) is 11.4. The molecule has 1 aliphatic heterocycles. The van der Waals surface area contributed by atoms with E-state index in [4.69, 9.17) is 28.5 Å². The maximum absolute atomic E-state index is 14.0. The van der Waals surface area contributed by atoms with E-state index in [9.17, 15) is 19.9 Å². The summed E-state index contributed by atoms with van der Waals surface area (Å²) < 4.78 is 1.57. The third-order valence-corrected chi connectivity index (χ3v) is 6.57. The zero-order valence-electron chi connectivity index (χ0n) is 18.8. The number of nitriles is 1. The molecule has 2 aromatic carbocycles. The Kier molecular flexibility index (Phi) is 6.58. The number of carboxylic acids is 1. The summed E-state index contributed by atoms with van der Waals surface area (Å²) >= 11 is 12.4. The zero-order valence-corrected chi connectivity index (χ0v) is 20.3. The number of aromatic nitrogens is 2. The van der Waals surface area contributed by atoms with Gasteiger partial charge in [0.1, 0.15) is 11.7 Å². The van der Waals surface area contributed by atoms with E-state index in [0.717, 1.165) is 5.56 Å². The normalized spacial score (nSPS) is 21.7. The van der Waals surface area contributed by atoms with E-state index in [1.54, 1.807) is 54.0 Å². The number of halogens is 2. The molecule has 3 aromatic rings. The average molecular weight is 514 g/mol. The van der Waals surface area contributed by atoms with Crippen LogP contribution in [0.5, 0.6) is 0 Å². The Morgan fingerprint density at radius 2 is 1.91 bits per heavy atom. The first kappa shape index (κ1) is 24.7. The van der Waals surface area contributed by atoms with Crippen LogP contribution in [-0.4, -0.2) is 32.6 Å². The number of carbonyl (C=O) groups excluding carboxylic acids is 1. The number of benzene rings is 2. The molecular weight excluding hydrogens is 493 g/mol. The van der Waals surface area contributed by atoms with Crippen LogP contribution in [0.4, 0.5) is 0 Å². The molecule has 0 radical (unpaired) electrons. The van der Waals surface area contributed by atoms with E-state index in [1.165, 1.54) is 13.1 Å². The molecule has 0 saturated heterocycles. The molecule has 1 aromatic heterocycles. The Bertz CT molecular complexity index is 1330. The maximum Gasteiger partial charge on any atom is 0.325 e. The molecule has 1 amide bonds. The van der Waals surface area contributed by atoms with Gasteiger partial charge in [-0.3, -0.25) is 14.2 Å². The van der Waals surface area contributed by atoms with E-state index in [-0.39, 0.29) is 17.2 Å². The van der Waals surface area contributed by atoms with Crippen molar-refractivity contribution in [2.24, 2.45) is 0 Å². The molecule has 4 rings (SSSR count). The molecule has 3 N–H and O–H groups in total. The second-order valence-electron chi connectivity index (χ2n) is 8.63. The van der Waals surface area contributed by atoms with Crippen LogP contribution in [0.25, 0.3) is 0 Å². The van der Waals surface area contributed by atoms with Crippen LogP contribution in [0.15, 0.2) is 48.7 Å². The molecule has 0 saturated carbocycles. The van der Waals surface area contributed by atoms with E-state index in [2.05, 4.69) is 16.4 Å². The van der Waals surface area contributed by atoms with Crippen molar-refractivity contribution < 1.29 is 19.8 Å². The summed E-state index contributed by atoms with van der Waals surface area (Å²) in [5.74, 6) is -1.53. The molecule has 11 heteroatoms. The third kappa shape index (κ3) is 4.49. The van der Waals surface area contributed by atoms with Crippen LogP contribution >= 0.6 is 23.2 Å². The van der Waals surface area contributed by atoms with E-state index >= 15 is 0 Å². The minimum absolute atomic E-state index is 0.0632. The molecule has 9 nitrogen and oxygen atoms in total. The van der Waals surface area contributed by atoms with Gasteiger partial charge in [-0.25, -0.2) is 4.98 Å². The van der Waals surface area contributed by atoms with Gasteiger partial charge < -0.3 is 20.7 Å². The van der Waals surface area contributed by atoms with Gasteiger partial charge in [0.05, 0.1) is 17.8 Å². The van der Waals surface area contributed by atoms with E-state index in [1.807, 2.05) is 0 Å². The quantitative estimate of drug-likeness (QED) is 0.433. The number of rotatable bonds is 6. The second-order valence-corrected chi connectivity index (χ2v) is 9.50. The number of hydrogen-bond donors (Lipinski definition) is 3. The molecule has 0 bridgehead atoms. The zero-order chi connectivity index (χ0) is 25.5. The molecule has 2 heterocycles. The molecular formula is C24H21Cl2N5O4. The van der Waals surface area contributed by atoms with Crippen LogP contribution in [0.1, 0.15) is 52.9 Å². The molecule has 180 valence electrons. The minimum atomic E-state index is -1.24. The predicted molar refractivity (Wildman–Crippen MR) is 128 cm³/mol. The van der Waals surface area contributed by atoms with E-state index < -0.39 is 29.6 Å². The van der Waals surface area contributed by atoms with Crippen molar-refractivity contribution in [3.63, 3.8) is 0 Å². The topological polar surface area (TPSA) is 136 Å². The summed E-state index contributed by atoms with van der Waals surface area (Å²) in [6, 6.07) is 11.7. The Hall–Kier alpha value is -3.42. The van der Waals surface area contributed by atoms with Crippen LogP contribution in [-0.2, 0) is 16.9 Å². The fraction of sp³-hybridized carbons (Fsp3) is 0.250. The fourth-order valence-corrected chi connectivity index (χ4v) is 4.97. The smallest absolute Gasteiger partial charge is 0.325 e. The van der Waals surface area contributed by atoms with E-state index in [0.29, 0.717) is 27.0 Å². The second kappa shape index (κ2) is 9.32. The highest BCUT2D eigenvalue weighted by molar-refractivity contribution is 6.34. The Morgan fingerprint density at radius 1 is 1.29 bits per heavy atom. The highest BCUT2D eigenvalue weighted by atomic mass is 35.5. The first-order valence-electron chi connectivity index (χ1n) is 10.7. The van der Waals surface area contributed by atoms with Gasteiger partial charge in [-0.15, -0.1) is 0 Å². The molecule has 3 unspecified atom stereocenters. The van der Waals surface area contributed by atoms with Crippen LogP contribution in [0, 0.1) is 16.5 Å². The summed E-state index contributed by atoms with van der Waals surface area (Å²) in [6.45, 7) is 3.06. The number of fused-ring (bicyclic) bond motifs is 1. The van der Waals surface area contributed by atoms with Gasteiger partial charge in [-0.05, 0) is 42.8 Å². The first-order chi connectivity index (χ1) is 16.5. The van der Waals surface area contributed by atoms with Gasteiger partial charge >= 0.3 is 5.97 Å². The molecule has 1 aliphatic rings. The Morgan fingerprint density at radius 3 is 2.49 bits per heavy atom. The lowest BCUT2D eigenvalue weighted by Gasteiger charge is -2.39. The number of amides is 1. The standard InChI is InChI=1S/C24H21Cl2N5O4/c1-13(23(33)34)29-22(32)19-12-28-21-20(16-7-17(25)9-18(26)8-16)31(35)24(2,30(19)21)10-14-3-5-15(11-27)6-4-14/h3-9,12-13,20,31H,10H2,1-2H3,(H,29,32)(H,33,34)/t13-,20?,24?/m0/s1. The van der Waals surface area contributed by atoms with Crippen molar-refractivity contribution in [3.8, 4) is 6.07 Å². The lowest BCUT2D eigenvalue weighted by molar-refractivity contribution is -0.936. The van der Waals surface area contributed by atoms with Gasteiger partial charge in [0.25, 0.3) is 5.91 Å². The number of nitrogens with one attached hydrogen (secondary N) is 2. The number of quaternary nitrogens is 1. The average Bonchev–Trinajstić information content (AvgIpc) is 3.32. The summed E-state index contributed by atoms with van der Waals surface area (Å²) in [4.78, 5) is 28.7. The predicted octanol–water partition coefficient (Wildman–Crippen LogP) is 2.67. The van der Waals surface area contributed by atoms with Crippen molar-refractivity contribution in [2.75, 3.05) is 0 Å². The number of nitrogens with zero attached hydrogens (tertiary/aromatic N) is 3. The van der Waals surface area contributed by atoms with Gasteiger partial charge in [-0.1, -0.05) is 35.3 Å². The lowest BCUT2D eigenvalue weighted by atomic mass is 9.99. The summed E-state index contributed by atoms with van der Waals surface area (Å²) in [5, 5.41) is 35.2. The Labute approximate surface area is 211 Å². The number of aliphatic carboxylic acids is 1. The van der Waals surface area contributed by atoms with Crippen LogP contribution < -0.4 is 10.4 Å². The summed E-state index contributed by atoms with van der Waals surface area (Å²) in [5.41, 5.74) is 0.615. The minimum Gasteiger partial charge on any atom is -0.632 e. The Balaban J connectivity index is 1.84. The van der Waals surface area contributed by atoms with Crippen molar-refractivity contribution in [2.45, 2.75) is 38.0 Å². The van der Waals surface area contributed by atoms with Crippen LogP contribution in [0.2, 0.25) is 10.0 Å². The summed E-state index contributed by atoms with van der Waals surface area (Å²) in [7, 11) is 0. The van der Waals surface area contributed by atoms with Gasteiger partial charge in [-0.2, -0.15) is 5.26 Å².